The normalized spacial score (nSPS) is 13.4. The molecule has 258 valence electrons. The summed E-state index contributed by atoms with van der Waals surface area (Å²) in [5.74, 6) is -0.692. The molecule has 0 fully saturated rings. The highest BCUT2D eigenvalue weighted by molar-refractivity contribution is 5.70. The van der Waals surface area contributed by atoms with Crippen LogP contribution in [0.3, 0.4) is 0 Å². The highest BCUT2D eigenvalue weighted by Gasteiger charge is 2.15. The molecule has 1 N–H and O–H groups in total. The topological polar surface area (TPSA) is 72.8 Å². The zero-order valence-corrected chi connectivity index (χ0v) is 29.0. The Bertz CT molecular complexity index is 948. The van der Waals surface area contributed by atoms with Crippen molar-refractivity contribution in [2.24, 2.45) is 0 Å². The average molecular weight is 637 g/mol. The predicted octanol–water partition coefficient (Wildman–Crippen LogP) is 10.9. The standard InChI is InChI=1S/C41H64O5/c1-3-5-7-9-11-13-15-17-19-20-22-23-25-27-29-31-33-35-40(43)45-38-39(37-42)46-41(44)36-34-32-30-28-26-24-21-18-16-14-12-10-8-6-4-2/h5-8,11-14,17-19,21-23,27,29,39,42H,3-4,9-10,15-16,20,24-26,28,30-38H2,1-2H3/b7-5-,8-6-,13-11-,14-12-,19-17-,21-18-,23-22-,29-27-/t39-/m0/s1. The van der Waals surface area contributed by atoms with Crippen LogP contribution in [0.4, 0.5) is 0 Å². The van der Waals surface area contributed by atoms with Gasteiger partial charge in [0.15, 0.2) is 6.10 Å². The molecule has 0 aliphatic heterocycles. The van der Waals surface area contributed by atoms with Crippen molar-refractivity contribution in [2.45, 2.75) is 136 Å². The Morgan fingerprint density at radius 1 is 0.500 bits per heavy atom. The molecular formula is C41H64O5. The lowest BCUT2D eigenvalue weighted by atomic mass is 10.1. The van der Waals surface area contributed by atoms with Gasteiger partial charge in [-0.15, -0.1) is 0 Å². The Hall–Kier alpha value is -3.18. The number of unbranched alkanes of at least 4 members (excludes halogenated alkanes) is 6. The molecule has 0 aromatic rings. The number of carbonyl (C=O) groups is 2. The first-order chi connectivity index (χ1) is 22.6. The molecule has 0 aliphatic rings. The van der Waals surface area contributed by atoms with E-state index < -0.39 is 6.10 Å². The average Bonchev–Trinajstić information content (AvgIpc) is 3.06. The van der Waals surface area contributed by atoms with E-state index in [2.05, 4.69) is 111 Å². The SMILES string of the molecule is CC/C=C\C/C=C\C/C=C\C/C=C\C/C=C\CCCC(=O)OC[C@H](CO)OC(=O)CCCCCCC/C=C\C/C=C\C/C=C\CC. The van der Waals surface area contributed by atoms with Gasteiger partial charge in [0.1, 0.15) is 6.61 Å². The number of carbonyl (C=O) groups excluding carboxylic acids is 2. The summed E-state index contributed by atoms with van der Waals surface area (Å²) in [5.41, 5.74) is 0. The molecule has 0 aromatic carbocycles. The van der Waals surface area contributed by atoms with Crippen LogP contribution < -0.4 is 0 Å². The van der Waals surface area contributed by atoms with E-state index in [4.69, 9.17) is 9.47 Å². The van der Waals surface area contributed by atoms with Crippen LogP contribution in [-0.4, -0.2) is 36.4 Å². The Morgan fingerprint density at radius 2 is 0.891 bits per heavy atom. The molecule has 0 radical (unpaired) electrons. The molecule has 46 heavy (non-hydrogen) atoms. The number of esters is 2. The highest BCUT2D eigenvalue weighted by Crippen LogP contribution is 2.10. The minimum atomic E-state index is -0.808. The van der Waals surface area contributed by atoms with Crippen LogP contribution in [0.15, 0.2) is 97.2 Å². The molecule has 0 bridgehead atoms. The van der Waals surface area contributed by atoms with Gasteiger partial charge >= 0.3 is 11.9 Å². The third-order valence-electron chi connectivity index (χ3n) is 6.87. The lowest BCUT2D eigenvalue weighted by Crippen LogP contribution is -2.28. The quantitative estimate of drug-likeness (QED) is 0.0482. The van der Waals surface area contributed by atoms with Gasteiger partial charge in [-0.25, -0.2) is 0 Å². The van der Waals surface area contributed by atoms with Crippen molar-refractivity contribution >= 4 is 11.9 Å². The number of allylic oxidation sites excluding steroid dienone is 16. The fourth-order valence-corrected chi connectivity index (χ4v) is 4.25. The maximum Gasteiger partial charge on any atom is 0.306 e. The number of aliphatic hydroxyl groups is 1. The van der Waals surface area contributed by atoms with Crippen molar-refractivity contribution in [1.82, 2.24) is 0 Å². The van der Waals surface area contributed by atoms with Crippen molar-refractivity contribution in [3.8, 4) is 0 Å². The van der Waals surface area contributed by atoms with Crippen LogP contribution in [-0.2, 0) is 19.1 Å². The molecule has 0 aromatic heterocycles. The van der Waals surface area contributed by atoms with E-state index in [1.165, 1.54) is 0 Å². The van der Waals surface area contributed by atoms with Gasteiger partial charge in [0.25, 0.3) is 0 Å². The van der Waals surface area contributed by atoms with Gasteiger partial charge in [-0.3, -0.25) is 9.59 Å². The number of rotatable bonds is 30. The molecular weight excluding hydrogens is 572 g/mol. The van der Waals surface area contributed by atoms with E-state index >= 15 is 0 Å². The summed E-state index contributed by atoms with van der Waals surface area (Å²) in [7, 11) is 0. The minimum absolute atomic E-state index is 0.109. The monoisotopic (exact) mass is 636 g/mol. The Labute approximate surface area is 281 Å². The first-order valence-corrected chi connectivity index (χ1v) is 17.8. The summed E-state index contributed by atoms with van der Waals surface area (Å²) >= 11 is 0. The summed E-state index contributed by atoms with van der Waals surface area (Å²) in [5, 5.41) is 9.52. The van der Waals surface area contributed by atoms with Crippen LogP contribution in [0.2, 0.25) is 0 Å². The molecule has 0 heterocycles. The molecule has 0 amide bonds. The van der Waals surface area contributed by atoms with E-state index in [0.29, 0.717) is 19.3 Å². The number of hydrogen-bond acceptors (Lipinski definition) is 5. The third-order valence-corrected chi connectivity index (χ3v) is 6.87. The van der Waals surface area contributed by atoms with E-state index in [9.17, 15) is 14.7 Å². The second-order valence-electron chi connectivity index (χ2n) is 11.2. The Kier molecular flexibility index (Phi) is 33.8. The third kappa shape index (κ3) is 33.7. The Morgan fingerprint density at radius 3 is 1.37 bits per heavy atom. The second kappa shape index (κ2) is 36.3. The smallest absolute Gasteiger partial charge is 0.306 e. The molecule has 0 spiro atoms. The first kappa shape index (κ1) is 42.8. The lowest BCUT2D eigenvalue weighted by Gasteiger charge is -2.15. The van der Waals surface area contributed by atoms with Gasteiger partial charge < -0.3 is 14.6 Å². The van der Waals surface area contributed by atoms with E-state index in [-0.39, 0.29) is 25.2 Å². The highest BCUT2D eigenvalue weighted by atomic mass is 16.6. The predicted molar refractivity (Wildman–Crippen MR) is 195 cm³/mol. The van der Waals surface area contributed by atoms with E-state index in [1.54, 1.807) is 0 Å². The van der Waals surface area contributed by atoms with Crippen LogP contribution in [0.25, 0.3) is 0 Å². The van der Waals surface area contributed by atoms with Crippen molar-refractivity contribution < 1.29 is 24.2 Å². The number of hydrogen-bond donors (Lipinski definition) is 1. The molecule has 5 heteroatoms. The zero-order chi connectivity index (χ0) is 33.6. The Balaban J connectivity index is 3.75. The lowest BCUT2D eigenvalue weighted by molar-refractivity contribution is -0.161. The molecule has 0 saturated heterocycles. The van der Waals surface area contributed by atoms with Crippen molar-refractivity contribution in [1.29, 1.82) is 0 Å². The van der Waals surface area contributed by atoms with Gasteiger partial charge in [0.2, 0.25) is 0 Å². The molecule has 0 aliphatic carbocycles. The summed E-state index contributed by atoms with van der Waals surface area (Å²) < 4.78 is 10.5. The molecule has 5 nitrogen and oxygen atoms in total. The summed E-state index contributed by atoms with van der Waals surface area (Å²) in [6, 6.07) is 0. The maximum atomic E-state index is 12.1. The van der Waals surface area contributed by atoms with Gasteiger partial charge in [0.05, 0.1) is 6.61 Å². The molecule has 0 unspecified atom stereocenters. The van der Waals surface area contributed by atoms with E-state index in [1.807, 2.05) is 0 Å². The second-order valence-corrected chi connectivity index (χ2v) is 11.2. The van der Waals surface area contributed by atoms with E-state index in [0.717, 1.165) is 96.3 Å². The molecule has 1 atom stereocenters. The van der Waals surface area contributed by atoms with Crippen LogP contribution in [0, 0.1) is 0 Å². The van der Waals surface area contributed by atoms with Crippen LogP contribution in [0.1, 0.15) is 129 Å². The van der Waals surface area contributed by atoms with Crippen molar-refractivity contribution in [3.63, 3.8) is 0 Å². The largest absolute Gasteiger partial charge is 0.462 e. The fraction of sp³-hybridized carbons (Fsp3) is 0.561. The zero-order valence-electron chi connectivity index (χ0n) is 29.0. The molecule has 0 saturated carbocycles. The molecule has 0 rings (SSSR count). The van der Waals surface area contributed by atoms with Crippen molar-refractivity contribution in [2.75, 3.05) is 13.2 Å². The van der Waals surface area contributed by atoms with Gasteiger partial charge in [-0.2, -0.15) is 0 Å². The summed E-state index contributed by atoms with van der Waals surface area (Å²) in [6.07, 6.45) is 50.3. The fourth-order valence-electron chi connectivity index (χ4n) is 4.25. The number of ether oxygens (including phenoxy) is 2. The summed E-state index contributed by atoms with van der Waals surface area (Å²) in [4.78, 5) is 24.2. The van der Waals surface area contributed by atoms with Gasteiger partial charge in [-0.1, -0.05) is 130 Å². The first-order valence-electron chi connectivity index (χ1n) is 17.8. The summed E-state index contributed by atoms with van der Waals surface area (Å²) in [6.45, 7) is 3.81. The van der Waals surface area contributed by atoms with Crippen molar-refractivity contribution in [3.05, 3.63) is 97.2 Å². The van der Waals surface area contributed by atoms with Crippen LogP contribution in [0.5, 0.6) is 0 Å². The van der Waals surface area contributed by atoms with Gasteiger partial charge in [-0.05, 0) is 83.5 Å². The van der Waals surface area contributed by atoms with Crippen LogP contribution >= 0.6 is 0 Å². The minimum Gasteiger partial charge on any atom is -0.462 e. The number of aliphatic hydroxyl groups excluding tert-OH is 1. The maximum absolute atomic E-state index is 12.1. The van der Waals surface area contributed by atoms with Gasteiger partial charge in [0, 0.05) is 12.8 Å².